The molecule has 0 aliphatic carbocycles. The second-order valence-electron chi connectivity index (χ2n) is 5.38. The molecular formula is C17H21FN4O. The molecule has 0 radical (unpaired) electrons. The summed E-state index contributed by atoms with van der Waals surface area (Å²) in [6.45, 7) is 4.59. The van der Waals surface area contributed by atoms with Gasteiger partial charge in [-0.15, -0.1) is 0 Å². The zero-order valence-corrected chi connectivity index (χ0v) is 13.3. The van der Waals surface area contributed by atoms with Gasteiger partial charge in [-0.05, 0) is 37.5 Å². The van der Waals surface area contributed by atoms with Crippen LogP contribution in [0.4, 0.5) is 10.3 Å². The molecule has 2 aromatic rings. The van der Waals surface area contributed by atoms with Crippen molar-refractivity contribution >= 4 is 11.9 Å². The molecule has 1 amide bonds. The third kappa shape index (κ3) is 5.32. The first-order chi connectivity index (χ1) is 11.1. The van der Waals surface area contributed by atoms with Gasteiger partial charge in [-0.1, -0.05) is 19.1 Å². The Labute approximate surface area is 135 Å². The Kier molecular flexibility index (Phi) is 6.02. The molecule has 1 aromatic carbocycles. The zero-order valence-electron chi connectivity index (χ0n) is 13.3. The summed E-state index contributed by atoms with van der Waals surface area (Å²) in [6.07, 6.45) is 4.62. The van der Waals surface area contributed by atoms with Crippen LogP contribution < -0.4 is 10.6 Å². The molecule has 2 N–H and O–H groups in total. The molecule has 0 saturated heterocycles. The fourth-order valence-electron chi connectivity index (χ4n) is 1.92. The fourth-order valence-corrected chi connectivity index (χ4v) is 1.92. The maximum Gasteiger partial charge on any atom is 0.254 e. The van der Waals surface area contributed by atoms with E-state index in [2.05, 4.69) is 20.6 Å². The first-order valence-electron chi connectivity index (χ1n) is 7.69. The van der Waals surface area contributed by atoms with Crippen LogP contribution >= 0.6 is 0 Å². The van der Waals surface area contributed by atoms with Gasteiger partial charge < -0.3 is 10.6 Å². The molecule has 0 saturated carbocycles. The van der Waals surface area contributed by atoms with Crippen LogP contribution in [0.15, 0.2) is 36.7 Å². The van der Waals surface area contributed by atoms with Gasteiger partial charge in [-0.3, -0.25) is 4.79 Å². The summed E-state index contributed by atoms with van der Waals surface area (Å²) < 4.78 is 12.8. The van der Waals surface area contributed by atoms with E-state index in [4.69, 9.17) is 0 Å². The van der Waals surface area contributed by atoms with E-state index in [0.717, 1.165) is 18.4 Å². The Hall–Kier alpha value is -2.50. The molecule has 23 heavy (non-hydrogen) atoms. The Bertz CT molecular complexity index is 628. The lowest BCUT2D eigenvalue weighted by Gasteiger charge is -2.11. The van der Waals surface area contributed by atoms with Gasteiger partial charge in [0.2, 0.25) is 5.95 Å². The van der Waals surface area contributed by atoms with Crippen molar-refractivity contribution in [2.75, 3.05) is 11.9 Å². The fraction of sp³-hybridized carbons (Fsp3) is 0.353. The summed E-state index contributed by atoms with van der Waals surface area (Å²) in [4.78, 5) is 20.2. The molecule has 1 heterocycles. The molecule has 5 nitrogen and oxygen atoms in total. The lowest BCUT2D eigenvalue weighted by molar-refractivity contribution is 0.0938. The van der Waals surface area contributed by atoms with Gasteiger partial charge in [0.15, 0.2) is 0 Å². The number of carbonyl (C=O) groups is 1. The smallest absolute Gasteiger partial charge is 0.254 e. The molecule has 0 spiro atoms. The highest BCUT2D eigenvalue weighted by Crippen LogP contribution is 2.05. The molecule has 0 aliphatic rings. The van der Waals surface area contributed by atoms with Crippen LogP contribution in [-0.4, -0.2) is 28.5 Å². The summed E-state index contributed by atoms with van der Waals surface area (Å²) in [5.41, 5.74) is 1.47. The molecule has 0 aliphatic heterocycles. The van der Waals surface area contributed by atoms with Gasteiger partial charge in [0.25, 0.3) is 5.91 Å². The topological polar surface area (TPSA) is 66.9 Å². The largest absolute Gasteiger partial charge is 0.354 e. The number of hydrogen-bond donors (Lipinski definition) is 2. The molecule has 0 fully saturated rings. The van der Waals surface area contributed by atoms with Crippen molar-refractivity contribution in [1.29, 1.82) is 0 Å². The van der Waals surface area contributed by atoms with Gasteiger partial charge in [-0.25, -0.2) is 14.4 Å². The molecule has 0 bridgehead atoms. The van der Waals surface area contributed by atoms with Crippen molar-refractivity contribution in [2.24, 2.45) is 0 Å². The Morgan fingerprint density at radius 2 is 1.87 bits per heavy atom. The minimum atomic E-state index is -0.240. The van der Waals surface area contributed by atoms with Crippen molar-refractivity contribution < 1.29 is 9.18 Å². The number of nitrogens with zero attached hydrogens (tertiary/aromatic N) is 2. The summed E-state index contributed by atoms with van der Waals surface area (Å²) >= 11 is 0. The minimum Gasteiger partial charge on any atom is -0.354 e. The average molecular weight is 316 g/mol. The lowest BCUT2D eigenvalue weighted by atomic mass is 10.1. The van der Waals surface area contributed by atoms with E-state index in [1.165, 1.54) is 24.5 Å². The first kappa shape index (κ1) is 16.9. The van der Waals surface area contributed by atoms with Crippen LogP contribution in [-0.2, 0) is 6.42 Å². The number of rotatable bonds is 7. The van der Waals surface area contributed by atoms with E-state index in [1.807, 2.05) is 13.8 Å². The van der Waals surface area contributed by atoms with Crippen LogP contribution in [0.1, 0.15) is 36.2 Å². The highest BCUT2D eigenvalue weighted by molar-refractivity contribution is 5.93. The average Bonchev–Trinajstić information content (AvgIpc) is 2.57. The summed E-state index contributed by atoms with van der Waals surface area (Å²) in [6, 6.07) is 6.50. The molecule has 6 heteroatoms. The second kappa shape index (κ2) is 8.22. The summed E-state index contributed by atoms with van der Waals surface area (Å²) in [7, 11) is 0. The molecular weight excluding hydrogens is 295 g/mol. The van der Waals surface area contributed by atoms with Crippen molar-refractivity contribution in [2.45, 2.75) is 32.7 Å². The first-order valence-corrected chi connectivity index (χ1v) is 7.69. The number of nitrogens with one attached hydrogen (secondary N) is 2. The van der Waals surface area contributed by atoms with E-state index in [-0.39, 0.29) is 17.8 Å². The van der Waals surface area contributed by atoms with E-state index in [9.17, 15) is 9.18 Å². The van der Waals surface area contributed by atoms with Crippen LogP contribution in [0.5, 0.6) is 0 Å². The van der Waals surface area contributed by atoms with Gasteiger partial charge in [0.1, 0.15) is 5.82 Å². The monoisotopic (exact) mass is 316 g/mol. The van der Waals surface area contributed by atoms with Gasteiger partial charge in [0, 0.05) is 25.0 Å². The number of carbonyl (C=O) groups excluding carboxylic acids is 1. The maximum atomic E-state index is 12.8. The second-order valence-corrected chi connectivity index (χ2v) is 5.38. The molecule has 1 atom stereocenters. The number of halogens is 1. The SMILES string of the molecule is CCC(C)NC(=O)c1cnc(NCCc2ccc(F)cc2)nc1. The maximum absolute atomic E-state index is 12.8. The standard InChI is InChI=1S/C17H21FN4O/c1-3-12(2)22-16(23)14-10-20-17(21-11-14)19-9-8-13-4-6-15(18)7-5-13/h4-7,10-12H,3,8-9H2,1-2H3,(H,22,23)(H,19,20,21). The van der Waals surface area contributed by atoms with Crippen LogP contribution in [0, 0.1) is 5.82 Å². The Morgan fingerprint density at radius 1 is 1.22 bits per heavy atom. The quantitative estimate of drug-likeness (QED) is 0.824. The Balaban J connectivity index is 1.82. The summed E-state index contributed by atoms with van der Waals surface area (Å²) in [5.74, 6) is 0.0562. The van der Waals surface area contributed by atoms with Crippen molar-refractivity contribution in [3.8, 4) is 0 Å². The Morgan fingerprint density at radius 3 is 2.48 bits per heavy atom. The molecule has 1 aromatic heterocycles. The third-order valence-corrected chi connectivity index (χ3v) is 3.51. The highest BCUT2D eigenvalue weighted by atomic mass is 19.1. The molecule has 1 unspecified atom stereocenters. The van der Waals surface area contributed by atoms with Gasteiger partial charge >= 0.3 is 0 Å². The minimum absolute atomic E-state index is 0.121. The molecule has 122 valence electrons. The number of amides is 1. The van der Waals surface area contributed by atoms with Crippen molar-refractivity contribution in [3.05, 3.63) is 53.6 Å². The molecule has 2 rings (SSSR count). The highest BCUT2D eigenvalue weighted by Gasteiger charge is 2.09. The number of benzene rings is 1. The zero-order chi connectivity index (χ0) is 16.7. The number of hydrogen-bond acceptors (Lipinski definition) is 4. The number of aromatic nitrogens is 2. The van der Waals surface area contributed by atoms with Crippen molar-refractivity contribution in [1.82, 2.24) is 15.3 Å². The van der Waals surface area contributed by atoms with Gasteiger partial charge in [0.05, 0.1) is 5.56 Å². The third-order valence-electron chi connectivity index (χ3n) is 3.51. The van der Waals surface area contributed by atoms with Crippen LogP contribution in [0.25, 0.3) is 0 Å². The van der Waals surface area contributed by atoms with E-state index in [1.54, 1.807) is 12.1 Å². The van der Waals surface area contributed by atoms with Gasteiger partial charge in [-0.2, -0.15) is 0 Å². The predicted molar refractivity (Wildman–Crippen MR) is 87.8 cm³/mol. The van der Waals surface area contributed by atoms with E-state index in [0.29, 0.717) is 18.1 Å². The normalized spacial score (nSPS) is 11.8. The van der Waals surface area contributed by atoms with E-state index >= 15 is 0 Å². The van der Waals surface area contributed by atoms with Crippen molar-refractivity contribution in [3.63, 3.8) is 0 Å². The lowest BCUT2D eigenvalue weighted by Crippen LogP contribution is -2.32. The number of anilines is 1. The summed E-state index contributed by atoms with van der Waals surface area (Å²) in [5, 5.41) is 5.94. The predicted octanol–water partition coefficient (Wildman–Crippen LogP) is 2.80. The van der Waals surface area contributed by atoms with Crippen LogP contribution in [0.2, 0.25) is 0 Å². The van der Waals surface area contributed by atoms with E-state index < -0.39 is 0 Å². The van der Waals surface area contributed by atoms with Crippen LogP contribution in [0.3, 0.4) is 0 Å².